The first-order valence-corrected chi connectivity index (χ1v) is 8.29. The number of hydrogen-bond donors (Lipinski definition) is 2. The Labute approximate surface area is 119 Å². The van der Waals surface area contributed by atoms with Gasteiger partial charge in [0, 0.05) is 13.0 Å². The van der Waals surface area contributed by atoms with E-state index in [1.54, 1.807) is 31.2 Å². The van der Waals surface area contributed by atoms with Gasteiger partial charge in [-0.2, -0.15) is 0 Å². The molecule has 0 amide bonds. The molecule has 2 N–H and O–H groups in total. The Balaban J connectivity index is 2.72. The van der Waals surface area contributed by atoms with Gasteiger partial charge in [-0.15, -0.1) is 0 Å². The fourth-order valence-electron chi connectivity index (χ4n) is 1.80. The molecule has 1 aromatic carbocycles. The molecule has 1 unspecified atom stereocenters. The van der Waals surface area contributed by atoms with Gasteiger partial charge in [0.15, 0.2) is 9.84 Å². The molecule has 5 nitrogen and oxygen atoms in total. The molecule has 0 saturated heterocycles. The van der Waals surface area contributed by atoms with Gasteiger partial charge in [-0.1, -0.05) is 26.0 Å². The normalized spacial score (nSPS) is 12.9. The van der Waals surface area contributed by atoms with Crippen LogP contribution in [-0.2, 0) is 14.6 Å². The average molecular weight is 299 g/mol. The van der Waals surface area contributed by atoms with Crippen molar-refractivity contribution in [3.05, 3.63) is 24.3 Å². The maximum absolute atomic E-state index is 12.0. The van der Waals surface area contributed by atoms with Crippen molar-refractivity contribution in [1.29, 1.82) is 0 Å². The molecule has 0 heterocycles. The van der Waals surface area contributed by atoms with E-state index in [1.807, 2.05) is 6.92 Å². The number of carboxylic acid groups (broad SMARTS) is 1. The molecule has 0 aliphatic heterocycles. The standard InChI is InChI=1S/C14H21NO4S/c1-3-20(18,19)13-7-5-4-6-12(13)15-10-11(2)8-9-14(16)17/h4-7,11,15H,3,8-10H2,1-2H3,(H,16,17). The highest BCUT2D eigenvalue weighted by atomic mass is 32.2. The highest BCUT2D eigenvalue weighted by Gasteiger charge is 2.16. The van der Waals surface area contributed by atoms with Crippen LogP contribution in [0, 0.1) is 5.92 Å². The van der Waals surface area contributed by atoms with Crippen LogP contribution in [0.4, 0.5) is 5.69 Å². The van der Waals surface area contributed by atoms with E-state index in [0.717, 1.165) is 0 Å². The van der Waals surface area contributed by atoms with Gasteiger partial charge in [0.2, 0.25) is 0 Å². The van der Waals surface area contributed by atoms with Crippen LogP contribution in [0.2, 0.25) is 0 Å². The van der Waals surface area contributed by atoms with Crippen molar-refractivity contribution >= 4 is 21.5 Å². The molecule has 0 aliphatic rings. The predicted octanol–water partition coefficient (Wildman–Crippen LogP) is 2.39. The summed E-state index contributed by atoms with van der Waals surface area (Å²) in [5, 5.41) is 11.7. The van der Waals surface area contributed by atoms with E-state index in [4.69, 9.17) is 5.11 Å². The minimum atomic E-state index is -3.26. The van der Waals surface area contributed by atoms with E-state index in [2.05, 4.69) is 5.32 Å². The summed E-state index contributed by atoms with van der Waals surface area (Å²) in [7, 11) is -3.26. The second-order valence-electron chi connectivity index (χ2n) is 4.82. The SMILES string of the molecule is CCS(=O)(=O)c1ccccc1NCC(C)CCC(=O)O. The van der Waals surface area contributed by atoms with E-state index in [9.17, 15) is 13.2 Å². The Bertz CT molecular complexity index is 554. The first-order chi connectivity index (χ1) is 9.36. The molecule has 1 rings (SSSR count). The van der Waals surface area contributed by atoms with Crippen molar-refractivity contribution in [2.24, 2.45) is 5.92 Å². The fraction of sp³-hybridized carbons (Fsp3) is 0.500. The summed E-state index contributed by atoms with van der Waals surface area (Å²) in [6.45, 7) is 4.10. The fourth-order valence-corrected chi connectivity index (χ4v) is 2.87. The zero-order valence-electron chi connectivity index (χ0n) is 11.8. The third kappa shape index (κ3) is 4.85. The van der Waals surface area contributed by atoms with E-state index >= 15 is 0 Å². The van der Waals surface area contributed by atoms with Gasteiger partial charge in [0.05, 0.1) is 16.3 Å². The summed E-state index contributed by atoms with van der Waals surface area (Å²) >= 11 is 0. The van der Waals surface area contributed by atoms with Crippen LogP contribution in [-0.4, -0.2) is 31.8 Å². The second kappa shape index (κ2) is 7.28. The van der Waals surface area contributed by atoms with Crippen molar-refractivity contribution in [2.45, 2.75) is 31.6 Å². The molecule has 0 saturated carbocycles. The predicted molar refractivity (Wildman–Crippen MR) is 78.7 cm³/mol. The van der Waals surface area contributed by atoms with Crippen molar-refractivity contribution in [3.63, 3.8) is 0 Å². The first-order valence-electron chi connectivity index (χ1n) is 6.64. The monoisotopic (exact) mass is 299 g/mol. The van der Waals surface area contributed by atoms with Crippen LogP contribution in [0.1, 0.15) is 26.7 Å². The highest BCUT2D eigenvalue weighted by Crippen LogP contribution is 2.22. The van der Waals surface area contributed by atoms with E-state index < -0.39 is 15.8 Å². The Morgan fingerprint density at radius 3 is 2.60 bits per heavy atom. The highest BCUT2D eigenvalue weighted by molar-refractivity contribution is 7.91. The lowest BCUT2D eigenvalue weighted by Gasteiger charge is -2.15. The van der Waals surface area contributed by atoms with Crippen molar-refractivity contribution < 1.29 is 18.3 Å². The molecule has 20 heavy (non-hydrogen) atoms. The molecule has 0 radical (unpaired) electrons. The lowest BCUT2D eigenvalue weighted by molar-refractivity contribution is -0.137. The van der Waals surface area contributed by atoms with Crippen LogP contribution in [0.25, 0.3) is 0 Å². The quantitative estimate of drug-likeness (QED) is 0.770. The van der Waals surface area contributed by atoms with Gasteiger partial charge < -0.3 is 10.4 Å². The lowest BCUT2D eigenvalue weighted by atomic mass is 10.1. The van der Waals surface area contributed by atoms with Crippen molar-refractivity contribution in [2.75, 3.05) is 17.6 Å². The van der Waals surface area contributed by atoms with Crippen LogP contribution < -0.4 is 5.32 Å². The van der Waals surface area contributed by atoms with Gasteiger partial charge in [0.1, 0.15) is 0 Å². The van der Waals surface area contributed by atoms with Crippen LogP contribution >= 0.6 is 0 Å². The van der Waals surface area contributed by atoms with E-state index in [1.165, 1.54) is 0 Å². The Hall–Kier alpha value is -1.56. The summed E-state index contributed by atoms with van der Waals surface area (Å²) < 4.78 is 23.9. The number of sulfone groups is 1. The molecule has 0 aromatic heterocycles. The smallest absolute Gasteiger partial charge is 0.303 e. The van der Waals surface area contributed by atoms with Crippen molar-refractivity contribution in [3.8, 4) is 0 Å². The number of para-hydroxylation sites is 1. The molecule has 0 spiro atoms. The summed E-state index contributed by atoms with van der Waals surface area (Å²) in [5.74, 6) is -0.602. The number of carbonyl (C=O) groups is 1. The molecule has 0 aliphatic carbocycles. The summed E-state index contributed by atoms with van der Waals surface area (Å²) in [6.07, 6.45) is 0.683. The lowest BCUT2D eigenvalue weighted by Crippen LogP contribution is -2.15. The first kappa shape index (κ1) is 16.5. The average Bonchev–Trinajstić information content (AvgIpc) is 2.43. The summed E-state index contributed by atoms with van der Waals surface area (Å²) in [6, 6.07) is 6.79. The second-order valence-corrected chi connectivity index (χ2v) is 7.06. The molecule has 1 atom stereocenters. The van der Waals surface area contributed by atoms with Gasteiger partial charge in [0.25, 0.3) is 0 Å². The molecular formula is C14H21NO4S. The van der Waals surface area contributed by atoms with Gasteiger partial charge in [-0.3, -0.25) is 4.79 Å². The number of carboxylic acids is 1. The molecule has 1 aromatic rings. The largest absolute Gasteiger partial charge is 0.481 e. The summed E-state index contributed by atoms with van der Waals surface area (Å²) in [4.78, 5) is 10.8. The maximum Gasteiger partial charge on any atom is 0.303 e. The third-order valence-electron chi connectivity index (χ3n) is 3.09. The molecular weight excluding hydrogens is 278 g/mol. The number of rotatable bonds is 8. The van der Waals surface area contributed by atoms with E-state index in [0.29, 0.717) is 23.5 Å². The topological polar surface area (TPSA) is 83.5 Å². The molecule has 0 fully saturated rings. The number of nitrogens with one attached hydrogen (secondary N) is 1. The zero-order valence-corrected chi connectivity index (χ0v) is 12.6. The van der Waals surface area contributed by atoms with Gasteiger partial charge in [-0.05, 0) is 24.5 Å². The summed E-state index contributed by atoms with van der Waals surface area (Å²) in [5.41, 5.74) is 0.580. The minimum absolute atomic E-state index is 0.0558. The van der Waals surface area contributed by atoms with Gasteiger partial charge >= 0.3 is 5.97 Å². The van der Waals surface area contributed by atoms with Crippen LogP contribution in [0.5, 0.6) is 0 Å². The third-order valence-corrected chi connectivity index (χ3v) is 4.88. The number of aliphatic carboxylic acids is 1. The molecule has 112 valence electrons. The maximum atomic E-state index is 12.0. The number of hydrogen-bond acceptors (Lipinski definition) is 4. The number of benzene rings is 1. The number of anilines is 1. The van der Waals surface area contributed by atoms with Crippen LogP contribution in [0.15, 0.2) is 29.2 Å². The Kier molecular flexibility index (Phi) is 6.01. The van der Waals surface area contributed by atoms with Crippen LogP contribution in [0.3, 0.4) is 0 Å². The van der Waals surface area contributed by atoms with E-state index in [-0.39, 0.29) is 18.1 Å². The molecule has 6 heteroatoms. The Morgan fingerprint density at radius 2 is 2.00 bits per heavy atom. The zero-order chi connectivity index (χ0) is 15.2. The van der Waals surface area contributed by atoms with Gasteiger partial charge in [-0.25, -0.2) is 8.42 Å². The molecule has 0 bridgehead atoms. The minimum Gasteiger partial charge on any atom is -0.481 e. The Morgan fingerprint density at radius 1 is 1.35 bits per heavy atom. The van der Waals surface area contributed by atoms with Crippen molar-refractivity contribution in [1.82, 2.24) is 0 Å².